The summed E-state index contributed by atoms with van der Waals surface area (Å²) in [4.78, 5) is 32.8. The van der Waals surface area contributed by atoms with Gasteiger partial charge in [-0.05, 0) is 30.2 Å². The SMILES string of the molecule is CC(C)[C@@H](NC(=O)c1cc2ccccc2o1)C(=O)Nc1nc2ccccc2[nH]1. The van der Waals surface area contributed by atoms with Gasteiger partial charge in [-0.15, -0.1) is 0 Å². The zero-order valence-corrected chi connectivity index (χ0v) is 15.5. The number of aromatic nitrogens is 2. The summed E-state index contributed by atoms with van der Waals surface area (Å²) in [7, 11) is 0. The second-order valence-corrected chi connectivity index (χ2v) is 6.94. The fourth-order valence-electron chi connectivity index (χ4n) is 3.05. The monoisotopic (exact) mass is 376 g/mol. The number of H-pyrrole nitrogens is 1. The molecule has 0 saturated carbocycles. The number of carbonyl (C=O) groups is 2. The van der Waals surface area contributed by atoms with Crippen molar-refractivity contribution in [2.45, 2.75) is 19.9 Å². The summed E-state index contributed by atoms with van der Waals surface area (Å²) >= 11 is 0. The van der Waals surface area contributed by atoms with Crippen LogP contribution in [0.2, 0.25) is 0 Å². The second-order valence-electron chi connectivity index (χ2n) is 6.94. The molecule has 0 aliphatic carbocycles. The lowest BCUT2D eigenvalue weighted by atomic mass is 10.0. The van der Waals surface area contributed by atoms with E-state index >= 15 is 0 Å². The highest BCUT2D eigenvalue weighted by atomic mass is 16.3. The lowest BCUT2D eigenvalue weighted by Crippen LogP contribution is -2.47. The van der Waals surface area contributed by atoms with Crippen molar-refractivity contribution in [3.63, 3.8) is 0 Å². The van der Waals surface area contributed by atoms with E-state index in [-0.39, 0.29) is 17.6 Å². The first-order chi connectivity index (χ1) is 13.5. The van der Waals surface area contributed by atoms with E-state index in [1.54, 1.807) is 12.1 Å². The summed E-state index contributed by atoms with van der Waals surface area (Å²) in [5, 5.41) is 6.34. The molecular weight excluding hydrogens is 356 g/mol. The van der Waals surface area contributed by atoms with Crippen molar-refractivity contribution in [2.75, 3.05) is 5.32 Å². The Hall–Kier alpha value is -3.61. The van der Waals surface area contributed by atoms with Crippen molar-refractivity contribution in [3.05, 3.63) is 60.4 Å². The van der Waals surface area contributed by atoms with Crippen LogP contribution in [-0.4, -0.2) is 27.8 Å². The number of aromatic amines is 1. The topological polar surface area (TPSA) is 100 Å². The van der Waals surface area contributed by atoms with E-state index in [2.05, 4.69) is 20.6 Å². The number of hydrogen-bond donors (Lipinski definition) is 3. The smallest absolute Gasteiger partial charge is 0.287 e. The average Bonchev–Trinajstić information content (AvgIpc) is 3.28. The Bertz CT molecular complexity index is 1090. The van der Waals surface area contributed by atoms with E-state index in [1.165, 1.54) is 0 Å². The largest absolute Gasteiger partial charge is 0.451 e. The minimum atomic E-state index is -0.742. The zero-order chi connectivity index (χ0) is 19.7. The van der Waals surface area contributed by atoms with Gasteiger partial charge in [0.15, 0.2) is 5.76 Å². The molecule has 2 heterocycles. The maximum atomic E-state index is 12.8. The van der Waals surface area contributed by atoms with Gasteiger partial charge in [0, 0.05) is 5.39 Å². The summed E-state index contributed by atoms with van der Waals surface area (Å²) in [6.45, 7) is 3.73. The molecule has 28 heavy (non-hydrogen) atoms. The maximum Gasteiger partial charge on any atom is 0.287 e. The number of furan rings is 1. The van der Waals surface area contributed by atoms with Gasteiger partial charge in [0.25, 0.3) is 5.91 Å². The molecule has 0 radical (unpaired) electrons. The molecule has 2 aromatic heterocycles. The Balaban J connectivity index is 1.51. The number of fused-ring (bicyclic) bond motifs is 2. The molecule has 0 aliphatic rings. The Morgan fingerprint density at radius 2 is 1.82 bits per heavy atom. The first kappa shape index (κ1) is 17.8. The molecule has 0 spiro atoms. The van der Waals surface area contributed by atoms with Crippen molar-refractivity contribution in [3.8, 4) is 0 Å². The van der Waals surface area contributed by atoms with Crippen LogP contribution in [0.25, 0.3) is 22.0 Å². The molecule has 142 valence electrons. The van der Waals surface area contributed by atoms with Crippen LogP contribution in [0.4, 0.5) is 5.95 Å². The lowest BCUT2D eigenvalue weighted by molar-refractivity contribution is -0.118. The number of hydrogen-bond acceptors (Lipinski definition) is 4. The molecule has 0 aliphatic heterocycles. The summed E-state index contributed by atoms with van der Waals surface area (Å²) in [5.74, 6) is -0.399. The van der Waals surface area contributed by atoms with Crippen LogP contribution in [0.5, 0.6) is 0 Å². The van der Waals surface area contributed by atoms with E-state index in [0.29, 0.717) is 11.5 Å². The molecule has 7 nitrogen and oxygen atoms in total. The maximum absolute atomic E-state index is 12.8. The van der Waals surface area contributed by atoms with Crippen LogP contribution in [0.3, 0.4) is 0 Å². The predicted octanol–water partition coefficient (Wildman–Crippen LogP) is 3.70. The van der Waals surface area contributed by atoms with Gasteiger partial charge in [-0.3, -0.25) is 14.9 Å². The molecule has 4 rings (SSSR count). The molecule has 4 aromatic rings. The number of imidazole rings is 1. The lowest BCUT2D eigenvalue weighted by Gasteiger charge is -2.20. The third-order valence-corrected chi connectivity index (χ3v) is 4.52. The third kappa shape index (κ3) is 3.46. The number of amides is 2. The predicted molar refractivity (Wildman–Crippen MR) is 107 cm³/mol. The van der Waals surface area contributed by atoms with E-state index in [9.17, 15) is 9.59 Å². The van der Waals surface area contributed by atoms with Crippen molar-refractivity contribution in [1.29, 1.82) is 0 Å². The molecule has 0 saturated heterocycles. The Kier molecular flexibility index (Phi) is 4.57. The van der Waals surface area contributed by atoms with Gasteiger partial charge in [0.05, 0.1) is 11.0 Å². The summed E-state index contributed by atoms with van der Waals surface area (Å²) in [6, 6.07) is 15.8. The quantitative estimate of drug-likeness (QED) is 0.494. The van der Waals surface area contributed by atoms with Crippen molar-refractivity contribution in [2.24, 2.45) is 5.92 Å². The van der Waals surface area contributed by atoms with Crippen LogP contribution in [-0.2, 0) is 4.79 Å². The van der Waals surface area contributed by atoms with Crippen LogP contribution in [0, 0.1) is 5.92 Å². The van der Waals surface area contributed by atoms with E-state index in [0.717, 1.165) is 16.4 Å². The van der Waals surface area contributed by atoms with Crippen LogP contribution in [0.15, 0.2) is 59.0 Å². The van der Waals surface area contributed by atoms with Gasteiger partial charge in [-0.2, -0.15) is 0 Å². The van der Waals surface area contributed by atoms with Crippen molar-refractivity contribution < 1.29 is 14.0 Å². The number of carbonyl (C=O) groups excluding carboxylic acids is 2. The molecule has 2 aromatic carbocycles. The van der Waals surface area contributed by atoms with E-state index < -0.39 is 11.9 Å². The Morgan fingerprint density at radius 3 is 2.57 bits per heavy atom. The summed E-state index contributed by atoms with van der Waals surface area (Å²) in [6.07, 6.45) is 0. The number of para-hydroxylation sites is 3. The fraction of sp³-hybridized carbons (Fsp3) is 0.190. The fourth-order valence-corrected chi connectivity index (χ4v) is 3.05. The normalized spacial score (nSPS) is 12.4. The Morgan fingerprint density at radius 1 is 1.07 bits per heavy atom. The highest BCUT2D eigenvalue weighted by molar-refractivity contribution is 6.01. The zero-order valence-electron chi connectivity index (χ0n) is 15.5. The number of benzene rings is 2. The van der Waals surface area contributed by atoms with Gasteiger partial charge >= 0.3 is 0 Å². The average molecular weight is 376 g/mol. The summed E-state index contributed by atoms with van der Waals surface area (Å²) < 4.78 is 5.59. The Labute approximate surface area is 161 Å². The molecule has 3 N–H and O–H groups in total. The molecule has 7 heteroatoms. The minimum Gasteiger partial charge on any atom is -0.451 e. The van der Waals surface area contributed by atoms with Gasteiger partial charge in [-0.25, -0.2) is 4.98 Å². The van der Waals surface area contributed by atoms with E-state index in [1.807, 2.05) is 56.3 Å². The van der Waals surface area contributed by atoms with Gasteiger partial charge in [-0.1, -0.05) is 44.2 Å². The highest BCUT2D eigenvalue weighted by Crippen LogP contribution is 2.19. The number of rotatable bonds is 5. The van der Waals surface area contributed by atoms with Crippen LogP contribution >= 0.6 is 0 Å². The van der Waals surface area contributed by atoms with Crippen LogP contribution in [0.1, 0.15) is 24.4 Å². The molecular formula is C21H20N4O3. The third-order valence-electron chi connectivity index (χ3n) is 4.52. The number of anilines is 1. The van der Waals surface area contributed by atoms with Gasteiger partial charge < -0.3 is 14.7 Å². The molecule has 1 atom stereocenters. The molecule has 0 fully saturated rings. The van der Waals surface area contributed by atoms with Crippen molar-refractivity contribution >= 4 is 39.8 Å². The standard InChI is InChI=1S/C21H20N4O3/c1-12(2)18(20(27)25-21-22-14-8-4-5-9-15(14)23-21)24-19(26)17-11-13-7-3-6-10-16(13)28-17/h3-12,18H,1-2H3,(H,24,26)(H2,22,23,25,27)/t18-/m1/s1. The van der Waals surface area contributed by atoms with E-state index in [4.69, 9.17) is 4.42 Å². The molecule has 2 amide bonds. The highest BCUT2D eigenvalue weighted by Gasteiger charge is 2.26. The second kappa shape index (κ2) is 7.19. The van der Waals surface area contributed by atoms with Gasteiger partial charge in [0.1, 0.15) is 11.6 Å². The number of nitrogens with zero attached hydrogens (tertiary/aromatic N) is 1. The first-order valence-corrected chi connectivity index (χ1v) is 9.06. The number of nitrogens with one attached hydrogen (secondary N) is 3. The first-order valence-electron chi connectivity index (χ1n) is 9.06. The minimum absolute atomic E-state index is 0.127. The van der Waals surface area contributed by atoms with Crippen LogP contribution < -0.4 is 10.6 Å². The van der Waals surface area contributed by atoms with Crippen molar-refractivity contribution in [1.82, 2.24) is 15.3 Å². The summed E-state index contributed by atoms with van der Waals surface area (Å²) in [5.41, 5.74) is 2.20. The van der Waals surface area contributed by atoms with Gasteiger partial charge in [0.2, 0.25) is 11.9 Å². The molecule has 0 unspecified atom stereocenters. The molecule has 0 bridgehead atoms.